The van der Waals surface area contributed by atoms with Gasteiger partial charge in [-0.1, -0.05) is 74.8 Å². The third-order valence-electron chi connectivity index (χ3n) is 4.03. The number of carbonyl (C=O) groups is 1. The van der Waals surface area contributed by atoms with E-state index < -0.39 is 18.3 Å². The summed E-state index contributed by atoms with van der Waals surface area (Å²) in [5.41, 5.74) is 0. The van der Waals surface area contributed by atoms with E-state index in [4.69, 9.17) is 5.11 Å². The fourth-order valence-electron chi connectivity index (χ4n) is 2.38. The summed E-state index contributed by atoms with van der Waals surface area (Å²) in [7, 11) is 0. The summed E-state index contributed by atoms with van der Waals surface area (Å²) in [6, 6.07) is 0. The number of nitrogens with one attached hydrogen (secondary N) is 1. The van der Waals surface area contributed by atoms with Gasteiger partial charge in [-0.05, 0) is 19.3 Å². The molecular formula is C22H37NO5. The molecule has 0 rings (SSSR count). The molecule has 0 aliphatic carbocycles. The van der Waals surface area contributed by atoms with Crippen molar-refractivity contribution in [1.82, 2.24) is 5.32 Å². The van der Waals surface area contributed by atoms with Crippen LogP contribution in [0.1, 0.15) is 51.9 Å². The monoisotopic (exact) mass is 395 g/mol. The zero-order valence-corrected chi connectivity index (χ0v) is 16.9. The number of aliphatic hydroxyl groups excluding tert-OH is 4. The largest absolute Gasteiger partial charge is 0.395 e. The maximum absolute atomic E-state index is 11.3. The van der Waals surface area contributed by atoms with Crippen LogP contribution in [0.2, 0.25) is 0 Å². The molecule has 0 radical (unpaired) electrons. The first-order chi connectivity index (χ1) is 13.5. The number of hydrogen-bond donors (Lipinski definition) is 5. The Labute approximate surface area is 169 Å². The molecule has 0 saturated carbocycles. The number of rotatable bonds is 16. The second-order valence-corrected chi connectivity index (χ2v) is 6.63. The van der Waals surface area contributed by atoms with Crippen LogP contribution in [0.25, 0.3) is 0 Å². The van der Waals surface area contributed by atoms with Crippen molar-refractivity contribution < 1.29 is 25.2 Å². The summed E-state index contributed by atoms with van der Waals surface area (Å²) < 4.78 is 0. The van der Waals surface area contributed by atoms with E-state index >= 15 is 0 Å². The molecule has 160 valence electrons. The minimum atomic E-state index is -0.855. The molecule has 0 bridgehead atoms. The summed E-state index contributed by atoms with van der Waals surface area (Å²) in [6.45, 7) is 2.28. The van der Waals surface area contributed by atoms with Crippen LogP contribution in [0.15, 0.2) is 48.6 Å². The lowest BCUT2D eigenvalue weighted by Gasteiger charge is -2.13. The SMILES string of the molecule is CCCCC[C@H](O)[C@H](O)C=CC=CC=CC=C[C@@H](O)CCCC(=O)NCCO. The molecule has 0 fully saturated rings. The van der Waals surface area contributed by atoms with Crippen LogP contribution in [-0.4, -0.2) is 57.8 Å². The molecule has 3 atom stereocenters. The van der Waals surface area contributed by atoms with Gasteiger partial charge in [0.25, 0.3) is 0 Å². The number of hydrogen-bond acceptors (Lipinski definition) is 5. The summed E-state index contributed by atoms with van der Waals surface area (Å²) >= 11 is 0. The molecule has 28 heavy (non-hydrogen) atoms. The highest BCUT2D eigenvalue weighted by Gasteiger charge is 2.11. The van der Waals surface area contributed by atoms with Crippen molar-refractivity contribution in [3.05, 3.63) is 48.6 Å². The average Bonchev–Trinajstić information content (AvgIpc) is 2.68. The fraction of sp³-hybridized carbons (Fsp3) is 0.591. The van der Waals surface area contributed by atoms with Gasteiger partial charge in [0.2, 0.25) is 5.91 Å². The molecule has 0 aromatic heterocycles. The van der Waals surface area contributed by atoms with E-state index in [2.05, 4.69) is 12.2 Å². The second-order valence-electron chi connectivity index (χ2n) is 6.63. The highest BCUT2D eigenvalue weighted by Crippen LogP contribution is 2.07. The first-order valence-electron chi connectivity index (χ1n) is 10.1. The van der Waals surface area contributed by atoms with E-state index in [0.29, 0.717) is 25.7 Å². The average molecular weight is 396 g/mol. The van der Waals surface area contributed by atoms with Crippen LogP contribution >= 0.6 is 0 Å². The van der Waals surface area contributed by atoms with E-state index in [1.54, 1.807) is 48.6 Å². The van der Waals surface area contributed by atoms with E-state index in [1.165, 1.54) is 0 Å². The van der Waals surface area contributed by atoms with E-state index in [9.17, 15) is 20.1 Å². The molecule has 0 unspecified atom stereocenters. The van der Waals surface area contributed by atoms with Crippen molar-refractivity contribution in [1.29, 1.82) is 0 Å². The van der Waals surface area contributed by atoms with Gasteiger partial charge in [-0.25, -0.2) is 0 Å². The van der Waals surface area contributed by atoms with Gasteiger partial charge < -0.3 is 25.7 Å². The molecule has 0 aromatic rings. The van der Waals surface area contributed by atoms with Crippen LogP contribution in [0.4, 0.5) is 0 Å². The Hall–Kier alpha value is -1.73. The maximum atomic E-state index is 11.3. The number of unbranched alkanes of at least 4 members (excludes halogenated alkanes) is 2. The quantitative estimate of drug-likeness (QED) is 0.203. The second kappa shape index (κ2) is 18.6. The summed E-state index contributed by atoms with van der Waals surface area (Å²) in [6.07, 6.45) is 16.6. The Morgan fingerprint density at radius 1 is 0.893 bits per heavy atom. The Balaban J connectivity index is 3.94. The highest BCUT2D eigenvalue weighted by molar-refractivity contribution is 5.75. The van der Waals surface area contributed by atoms with Crippen LogP contribution in [0.3, 0.4) is 0 Å². The molecule has 0 aliphatic heterocycles. The molecule has 0 spiro atoms. The summed E-state index contributed by atoms with van der Waals surface area (Å²) in [4.78, 5) is 11.3. The standard InChI is InChI=1S/C22H37NO5/c1-2-3-8-14-20(26)21(27)15-10-7-5-4-6-9-12-19(25)13-11-16-22(28)23-17-18-24/h4-7,9-10,12,15,19-21,24-27H,2-3,8,11,13-14,16-18H2,1H3,(H,23,28)/t19-,20+,21-/m1/s1. The highest BCUT2D eigenvalue weighted by atomic mass is 16.3. The lowest BCUT2D eigenvalue weighted by atomic mass is 10.1. The minimum Gasteiger partial charge on any atom is -0.395 e. The minimum absolute atomic E-state index is 0.0741. The van der Waals surface area contributed by atoms with Crippen molar-refractivity contribution in [3.8, 4) is 0 Å². The molecule has 0 aliphatic rings. The van der Waals surface area contributed by atoms with Crippen LogP contribution in [-0.2, 0) is 4.79 Å². The van der Waals surface area contributed by atoms with Gasteiger partial charge in [-0.3, -0.25) is 4.79 Å². The van der Waals surface area contributed by atoms with Crippen molar-refractivity contribution in [2.24, 2.45) is 0 Å². The smallest absolute Gasteiger partial charge is 0.220 e. The van der Waals surface area contributed by atoms with Crippen LogP contribution in [0, 0.1) is 0 Å². The number of aliphatic hydroxyl groups is 4. The van der Waals surface area contributed by atoms with Crippen molar-refractivity contribution in [2.75, 3.05) is 13.2 Å². The Morgan fingerprint density at radius 2 is 1.54 bits per heavy atom. The fourth-order valence-corrected chi connectivity index (χ4v) is 2.38. The van der Waals surface area contributed by atoms with Gasteiger partial charge in [-0.15, -0.1) is 0 Å². The maximum Gasteiger partial charge on any atom is 0.220 e. The van der Waals surface area contributed by atoms with Gasteiger partial charge in [0.15, 0.2) is 0 Å². The van der Waals surface area contributed by atoms with Crippen LogP contribution in [0.5, 0.6) is 0 Å². The van der Waals surface area contributed by atoms with Crippen LogP contribution < -0.4 is 5.32 Å². The van der Waals surface area contributed by atoms with E-state index in [0.717, 1.165) is 19.3 Å². The Bertz CT molecular complexity index is 499. The molecule has 0 saturated heterocycles. The van der Waals surface area contributed by atoms with Crippen molar-refractivity contribution in [2.45, 2.75) is 70.2 Å². The molecule has 1 amide bonds. The Kier molecular flexibility index (Phi) is 17.5. The molecule has 5 N–H and O–H groups in total. The first kappa shape index (κ1) is 26.3. The van der Waals surface area contributed by atoms with E-state index in [-0.39, 0.29) is 19.1 Å². The Morgan fingerprint density at radius 3 is 2.18 bits per heavy atom. The normalized spacial score (nSPS) is 15.8. The summed E-state index contributed by atoms with van der Waals surface area (Å²) in [5.74, 6) is -0.123. The van der Waals surface area contributed by atoms with Gasteiger partial charge in [0.1, 0.15) is 0 Å². The number of amides is 1. The van der Waals surface area contributed by atoms with Crippen molar-refractivity contribution >= 4 is 5.91 Å². The van der Waals surface area contributed by atoms with Gasteiger partial charge in [0, 0.05) is 13.0 Å². The third kappa shape index (κ3) is 16.4. The molecular weight excluding hydrogens is 358 g/mol. The molecule has 6 heteroatoms. The van der Waals surface area contributed by atoms with Gasteiger partial charge >= 0.3 is 0 Å². The predicted molar refractivity (Wildman–Crippen MR) is 113 cm³/mol. The third-order valence-corrected chi connectivity index (χ3v) is 4.03. The number of allylic oxidation sites excluding steroid dienone is 6. The van der Waals surface area contributed by atoms with Crippen molar-refractivity contribution in [3.63, 3.8) is 0 Å². The zero-order chi connectivity index (χ0) is 21.0. The molecule has 6 nitrogen and oxygen atoms in total. The lowest BCUT2D eigenvalue weighted by molar-refractivity contribution is -0.121. The summed E-state index contributed by atoms with van der Waals surface area (Å²) in [5, 5.41) is 40.6. The van der Waals surface area contributed by atoms with E-state index in [1.807, 2.05) is 0 Å². The predicted octanol–water partition coefficient (Wildman–Crippen LogP) is 2.15. The number of carbonyl (C=O) groups excluding carboxylic acids is 1. The molecule has 0 aromatic carbocycles. The first-order valence-corrected chi connectivity index (χ1v) is 10.1. The van der Waals surface area contributed by atoms with Gasteiger partial charge in [0.05, 0.1) is 24.9 Å². The topological polar surface area (TPSA) is 110 Å². The zero-order valence-electron chi connectivity index (χ0n) is 16.9. The molecule has 0 heterocycles. The van der Waals surface area contributed by atoms with Gasteiger partial charge in [-0.2, -0.15) is 0 Å². The lowest BCUT2D eigenvalue weighted by Crippen LogP contribution is -2.26.